The number of carbonyl (C=O) groups excluding carboxylic acids is 1. The van der Waals surface area contributed by atoms with Crippen LogP contribution in [-0.2, 0) is 9.53 Å². The fourth-order valence-corrected chi connectivity index (χ4v) is 5.26. The van der Waals surface area contributed by atoms with Gasteiger partial charge in [0.2, 0.25) is 0 Å². The van der Waals surface area contributed by atoms with Gasteiger partial charge in [-0.25, -0.2) is 0 Å². The molecule has 0 radical (unpaired) electrons. The third-order valence-corrected chi connectivity index (χ3v) is 6.23. The summed E-state index contributed by atoms with van der Waals surface area (Å²) in [5.41, 5.74) is 0.712. The molecule has 2 aliphatic heterocycles. The van der Waals surface area contributed by atoms with Crippen molar-refractivity contribution in [1.29, 1.82) is 0 Å². The predicted octanol–water partition coefficient (Wildman–Crippen LogP) is 4.46. The number of carbonyl (C=O) groups is 1. The van der Waals surface area contributed by atoms with Crippen LogP contribution in [0.5, 0.6) is 5.75 Å². The number of nitro groups is 1. The van der Waals surface area contributed by atoms with E-state index in [1.807, 2.05) is 4.90 Å². The molecule has 31 heavy (non-hydrogen) atoms. The zero-order chi connectivity index (χ0) is 22.9. The molecule has 170 valence electrons. The van der Waals surface area contributed by atoms with Crippen molar-refractivity contribution in [3.8, 4) is 5.75 Å². The highest BCUT2D eigenvalue weighted by atomic mass is 79.9. The number of halogens is 5. The maximum Gasteiger partial charge on any atom is 0.432 e. The van der Waals surface area contributed by atoms with E-state index in [1.54, 1.807) is 0 Å². The van der Waals surface area contributed by atoms with E-state index in [-0.39, 0.29) is 28.0 Å². The maximum atomic E-state index is 13.8. The Morgan fingerprint density at radius 1 is 1.32 bits per heavy atom. The standard InChI is InChI=1S/C19H19Br2F3N2O5/c1-10(27)6-12(25-2-4-30-5-3-25)9-13-14-7-11(20)8-15(21)17(14)31-18(19(22,23)24)16(13)26(28)29/h6-8,13,16,18H,2-5,9H2,1H3/b12-6+/t13-,16+,18-/m0/s1. The van der Waals surface area contributed by atoms with Crippen molar-refractivity contribution in [2.45, 2.75) is 37.6 Å². The average molecular weight is 572 g/mol. The summed E-state index contributed by atoms with van der Waals surface area (Å²) >= 11 is 6.50. The van der Waals surface area contributed by atoms with E-state index in [1.165, 1.54) is 25.1 Å². The minimum Gasteiger partial charge on any atom is -0.472 e. The zero-order valence-electron chi connectivity index (χ0n) is 16.3. The number of hydrogen-bond acceptors (Lipinski definition) is 6. The van der Waals surface area contributed by atoms with Crippen LogP contribution in [0.15, 0.2) is 32.9 Å². The summed E-state index contributed by atoms with van der Waals surface area (Å²) in [5.74, 6) is -1.56. The molecule has 3 atom stereocenters. The number of ketones is 1. The van der Waals surface area contributed by atoms with Crippen LogP contribution in [-0.4, -0.2) is 60.2 Å². The number of rotatable bonds is 5. The highest BCUT2D eigenvalue weighted by molar-refractivity contribution is 9.11. The Labute approximate surface area is 193 Å². The molecule has 7 nitrogen and oxygen atoms in total. The highest BCUT2D eigenvalue weighted by Crippen LogP contribution is 2.49. The van der Waals surface area contributed by atoms with Crippen molar-refractivity contribution in [1.82, 2.24) is 4.90 Å². The fourth-order valence-electron chi connectivity index (χ4n) is 3.91. The Bertz CT molecular complexity index is 903. The summed E-state index contributed by atoms with van der Waals surface area (Å²) in [6.07, 6.45) is -6.38. The Morgan fingerprint density at radius 2 is 1.97 bits per heavy atom. The first-order valence-electron chi connectivity index (χ1n) is 9.38. The van der Waals surface area contributed by atoms with Gasteiger partial charge >= 0.3 is 6.18 Å². The molecule has 1 fully saturated rings. The monoisotopic (exact) mass is 570 g/mol. The second-order valence-corrected chi connectivity index (χ2v) is 9.09. The second kappa shape index (κ2) is 9.45. The van der Waals surface area contributed by atoms with Gasteiger partial charge in [-0.3, -0.25) is 14.9 Å². The molecule has 0 saturated carbocycles. The van der Waals surface area contributed by atoms with Crippen molar-refractivity contribution in [2.75, 3.05) is 26.3 Å². The third kappa shape index (κ3) is 5.40. The van der Waals surface area contributed by atoms with Gasteiger partial charge in [-0.1, -0.05) is 15.9 Å². The maximum absolute atomic E-state index is 13.8. The summed E-state index contributed by atoms with van der Waals surface area (Å²) in [7, 11) is 0. The lowest BCUT2D eigenvalue weighted by atomic mass is 9.81. The van der Waals surface area contributed by atoms with Crippen LogP contribution in [0.3, 0.4) is 0 Å². The van der Waals surface area contributed by atoms with Crippen LogP contribution in [0.2, 0.25) is 0 Å². The minimum absolute atomic E-state index is 0.0854. The van der Waals surface area contributed by atoms with Gasteiger partial charge in [-0.2, -0.15) is 13.2 Å². The normalized spacial score (nSPS) is 24.4. The first-order chi connectivity index (χ1) is 14.5. The number of nitrogens with zero attached hydrogens (tertiary/aromatic N) is 2. The quantitative estimate of drug-likeness (QED) is 0.295. The molecule has 3 rings (SSSR count). The van der Waals surface area contributed by atoms with Gasteiger partial charge in [0.25, 0.3) is 12.1 Å². The molecule has 1 aromatic rings. The van der Waals surface area contributed by atoms with Crippen molar-refractivity contribution >= 4 is 37.6 Å². The topological polar surface area (TPSA) is 81.9 Å². The molecule has 0 spiro atoms. The molecule has 0 aliphatic carbocycles. The zero-order valence-corrected chi connectivity index (χ0v) is 19.5. The highest BCUT2D eigenvalue weighted by Gasteiger charge is 2.59. The van der Waals surface area contributed by atoms with Crippen LogP contribution in [0.4, 0.5) is 13.2 Å². The first kappa shape index (κ1) is 24.0. The number of benzene rings is 1. The number of fused-ring (bicyclic) bond motifs is 1. The van der Waals surface area contributed by atoms with Crippen molar-refractivity contribution in [2.24, 2.45) is 0 Å². The van der Waals surface area contributed by atoms with E-state index in [0.29, 0.717) is 36.5 Å². The molecular formula is C19H19Br2F3N2O5. The number of hydrogen-bond donors (Lipinski definition) is 0. The van der Waals surface area contributed by atoms with Crippen molar-refractivity contribution in [3.05, 3.63) is 48.5 Å². The lowest BCUT2D eigenvalue weighted by molar-refractivity contribution is -0.548. The fraction of sp³-hybridized carbons (Fsp3) is 0.526. The van der Waals surface area contributed by atoms with Gasteiger partial charge in [0.15, 0.2) is 5.78 Å². The van der Waals surface area contributed by atoms with Crippen LogP contribution in [0.1, 0.15) is 24.8 Å². The number of allylic oxidation sites excluding steroid dienone is 2. The van der Waals surface area contributed by atoms with Gasteiger partial charge in [-0.05, 0) is 41.1 Å². The SMILES string of the molecule is CC(=O)/C=C(\C[C@H]1c2cc(Br)cc(Br)c2O[C@H](C(F)(F)F)[C@@H]1[N+](=O)[O-])N1CCOCC1. The van der Waals surface area contributed by atoms with E-state index in [2.05, 4.69) is 31.9 Å². The number of morpholine rings is 1. The van der Waals surface area contributed by atoms with Crippen molar-refractivity contribution < 1.29 is 32.4 Å². The number of alkyl halides is 3. The Hall–Kier alpha value is -1.66. The molecule has 12 heteroatoms. The largest absolute Gasteiger partial charge is 0.472 e. The van der Waals surface area contributed by atoms with E-state index in [9.17, 15) is 28.1 Å². The van der Waals surface area contributed by atoms with Gasteiger partial charge in [-0.15, -0.1) is 0 Å². The summed E-state index contributed by atoms with van der Waals surface area (Å²) in [5, 5.41) is 11.9. The van der Waals surface area contributed by atoms with Gasteiger partial charge < -0.3 is 14.4 Å². The second-order valence-electron chi connectivity index (χ2n) is 7.32. The summed E-state index contributed by atoms with van der Waals surface area (Å²) in [4.78, 5) is 24.6. The lowest BCUT2D eigenvalue weighted by Gasteiger charge is -2.38. The molecular weight excluding hydrogens is 553 g/mol. The van der Waals surface area contributed by atoms with E-state index < -0.39 is 29.2 Å². The van der Waals surface area contributed by atoms with Crippen LogP contribution in [0, 0.1) is 10.1 Å². The molecule has 0 amide bonds. The van der Waals surface area contributed by atoms with Gasteiger partial charge in [0.05, 0.1) is 23.6 Å². The summed E-state index contributed by atoms with van der Waals surface area (Å²) in [6, 6.07) is 0.966. The Morgan fingerprint density at radius 3 is 2.52 bits per heavy atom. The summed E-state index contributed by atoms with van der Waals surface area (Å²) < 4.78 is 52.6. The van der Waals surface area contributed by atoms with Crippen LogP contribution < -0.4 is 4.74 Å². The first-order valence-corrected chi connectivity index (χ1v) is 11.0. The number of ether oxygens (including phenoxy) is 2. The Kier molecular flexibility index (Phi) is 7.32. The Balaban J connectivity index is 2.13. The minimum atomic E-state index is -4.95. The van der Waals surface area contributed by atoms with Crippen LogP contribution in [0.25, 0.3) is 0 Å². The molecule has 2 heterocycles. The van der Waals surface area contributed by atoms with E-state index >= 15 is 0 Å². The molecule has 2 aliphatic rings. The molecule has 0 N–H and O–H groups in total. The van der Waals surface area contributed by atoms with Crippen LogP contribution >= 0.6 is 31.9 Å². The van der Waals surface area contributed by atoms with E-state index in [4.69, 9.17) is 9.47 Å². The molecule has 0 unspecified atom stereocenters. The van der Waals surface area contributed by atoms with Crippen molar-refractivity contribution in [3.63, 3.8) is 0 Å². The van der Waals surface area contributed by atoms with Gasteiger partial charge in [0, 0.05) is 40.2 Å². The van der Waals surface area contributed by atoms with Gasteiger partial charge in [0.1, 0.15) is 5.75 Å². The summed E-state index contributed by atoms with van der Waals surface area (Å²) in [6.45, 7) is 2.97. The molecule has 1 aromatic carbocycles. The third-order valence-electron chi connectivity index (χ3n) is 5.19. The molecule has 1 saturated heterocycles. The smallest absolute Gasteiger partial charge is 0.432 e. The van der Waals surface area contributed by atoms with E-state index in [0.717, 1.165) is 0 Å². The predicted molar refractivity (Wildman–Crippen MR) is 112 cm³/mol. The molecule has 0 aromatic heterocycles. The molecule has 0 bridgehead atoms. The average Bonchev–Trinajstić information content (AvgIpc) is 2.66. The lowest BCUT2D eigenvalue weighted by Crippen LogP contribution is -2.54.